The largest absolute Gasteiger partial charge is 0.353 e. The van der Waals surface area contributed by atoms with Crippen LogP contribution in [0.3, 0.4) is 0 Å². The lowest BCUT2D eigenvalue weighted by atomic mass is 9.98. The summed E-state index contributed by atoms with van der Waals surface area (Å²) in [4.78, 5) is 11.7. The molecule has 1 rings (SSSR count). The minimum atomic E-state index is -0.335. The van der Waals surface area contributed by atoms with Crippen molar-refractivity contribution in [1.29, 1.82) is 0 Å². The zero-order valence-electron chi connectivity index (χ0n) is 18.9. The second-order valence-corrected chi connectivity index (χ2v) is 8.73. The van der Waals surface area contributed by atoms with Gasteiger partial charge in [0.15, 0.2) is 6.29 Å². The molecule has 2 unspecified atom stereocenters. The Balaban J connectivity index is 2.33. The van der Waals surface area contributed by atoms with Crippen LogP contribution in [-0.2, 0) is 14.3 Å². The Morgan fingerprint density at radius 2 is 1.82 bits per heavy atom. The number of rotatable bonds is 13. The average Bonchev–Trinajstić information content (AvgIpc) is 2.66. The molecule has 0 aromatic rings. The first-order chi connectivity index (χ1) is 13.3. The van der Waals surface area contributed by atoms with Gasteiger partial charge in [-0.2, -0.15) is 0 Å². The monoisotopic (exact) mass is 390 g/mol. The van der Waals surface area contributed by atoms with Gasteiger partial charge in [0.05, 0.1) is 5.60 Å². The van der Waals surface area contributed by atoms with Gasteiger partial charge in [-0.15, -0.1) is 6.58 Å². The topological polar surface area (TPSA) is 35.5 Å². The maximum atomic E-state index is 11.7. The highest BCUT2D eigenvalue weighted by atomic mass is 16.7. The molecular formula is C25H42O3. The normalized spacial score (nSPS) is 20.9. The standard InChI is InChI=1S/C25H42O3/c1-7-25(6,28-24-15-8-9-19-27-24)18-11-14-21(4)12-10-13-22(5)16-17-23(26)20(2)3/h7,13-14,20,24H,1,8-12,15-19H2,2-6H3/b21-14+,22-13+. The summed E-state index contributed by atoms with van der Waals surface area (Å²) in [5.74, 6) is 0.503. The summed E-state index contributed by atoms with van der Waals surface area (Å²) in [5.41, 5.74) is 2.39. The summed E-state index contributed by atoms with van der Waals surface area (Å²) in [7, 11) is 0. The van der Waals surface area contributed by atoms with Crippen molar-refractivity contribution < 1.29 is 14.3 Å². The lowest BCUT2D eigenvalue weighted by Crippen LogP contribution is -2.34. The van der Waals surface area contributed by atoms with E-state index in [0.717, 1.165) is 51.6 Å². The lowest BCUT2D eigenvalue weighted by Gasteiger charge is -2.33. The maximum Gasteiger partial charge on any atom is 0.158 e. The van der Waals surface area contributed by atoms with Crippen LogP contribution in [0.5, 0.6) is 0 Å². The Morgan fingerprint density at radius 1 is 1.14 bits per heavy atom. The van der Waals surface area contributed by atoms with Gasteiger partial charge in [-0.05, 0) is 72.1 Å². The van der Waals surface area contributed by atoms with Crippen LogP contribution in [0.25, 0.3) is 0 Å². The molecule has 0 N–H and O–H groups in total. The average molecular weight is 391 g/mol. The van der Waals surface area contributed by atoms with Crippen LogP contribution in [0.1, 0.15) is 92.4 Å². The van der Waals surface area contributed by atoms with E-state index in [-0.39, 0.29) is 17.8 Å². The molecule has 0 aliphatic carbocycles. The van der Waals surface area contributed by atoms with Crippen molar-refractivity contribution in [2.75, 3.05) is 6.61 Å². The number of ether oxygens (including phenoxy) is 2. The Morgan fingerprint density at radius 3 is 2.43 bits per heavy atom. The predicted octanol–water partition coefficient (Wildman–Crippen LogP) is 6.93. The van der Waals surface area contributed by atoms with E-state index in [1.807, 2.05) is 19.9 Å². The second-order valence-electron chi connectivity index (χ2n) is 8.73. The molecule has 0 bridgehead atoms. The van der Waals surface area contributed by atoms with Gasteiger partial charge in [0.2, 0.25) is 0 Å². The van der Waals surface area contributed by atoms with Gasteiger partial charge in [0, 0.05) is 18.9 Å². The first-order valence-electron chi connectivity index (χ1n) is 11.0. The van der Waals surface area contributed by atoms with Crippen molar-refractivity contribution in [2.45, 2.75) is 104 Å². The molecule has 160 valence electrons. The van der Waals surface area contributed by atoms with Crippen molar-refractivity contribution in [3.63, 3.8) is 0 Å². The van der Waals surface area contributed by atoms with Crippen molar-refractivity contribution in [2.24, 2.45) is 5.92 Å². The van der Waals surface area contributed by atoms with E-state index in [4.69, 9.17) is 9.47 Å². The summed E-state index contributed by atoms with van der Waals surface area (Å²) >= 11 is 0. The van der Waals surface area contributed by atoms with Crippen LogP contribution >= 0.6 is 0 Å². The SMILES string of the molecule is C=CC(C)(CC/C=C(\C)CC/C=C(\C)CCC(=O)C(C)C)OC1CCCCO1. The third-order valence-corrected chi connectivity index (χ3v) is 5.55. The predicted molar refractivity (Wildman–Crippen MR) is 118 cm³/mol. The van der Waals surface area contributed by atoms with E-state index in [2.05, 4.69) is 39.5 Å². The van der Waals surface area contributed by atoms with Crippen LogP contribution in [0.15, 0.2) is 36.0 Å². The van der Waals surface area contributed by atoms with Crippen LogP contribution in [0.4, 0.5) is 0 Å². The van der Waals surface area contributed by atoms with Gasteiger partial charge in [-0.3, -0.25) is 4.79 Å². The number of carbonyl (C=O) groups is 1. The molecule has 0 aromatic carbocycles. The fourth-order valence-electron chi connectivity index (χ4n) is 3.28. The van der Waals surface area contributed by atoms with Crippen LogP contribution in [0.2, 0.25) is 0 Å². The van der Waals surface area contributed by atoms with Crippen molar-refractivity contribution in [3.8, 4) is 0 Å². The Bertz CT molecular complexity index is 538. The van der Waals surface area contributed by atoms with E-state index in [9.17, 15) is 4.79 Å². The molecule has 2 atom stereocenters. The molecular weight excluding hydrogens is 348 g/mol. The molecule has 1 heterocycles. The number of hydrogen-bond acceptors (Lipinski definition) is 3. The Hall–Kier alpha value is -1.19. The van der Waals surface area contributed by atoms with E-state index >= 15 is 0 Å². The fourth-order valence-corrected chi connectivity index (χ4v) is 3.28. The van der Waals surface area contributed by atoms with Crippen LogP contribution < -0.4 is 0 Å². The van der Waals surface area contributed by atoms with Gasteiger partial charge in [-0.1, -0.05) is 43.2 Å². The molecule has 3 heteroatoms. The van der Waals surface area contributed by atoms with Crippen molar-refractivity contribution in [1.82, 2.24) is 0 Å². The summed E-state index contributed by atoms with van der Waals surface area (Å²) in [6.45, 7) is 15.1. The summed E-state index contributed by atoms with van der Waals surface area (Å²) in [5, 5.41) is 0. The summed E-state index contributed by atoms with van der Waals surface area (Å²) in [6, 6.07) is 0. The molecule has 3 nitrogen and oxygen atoms in total. The highest BCUT2D eigenvalue weighted by molar-refractivity contribution is 5.80. The van der Waals surface area contributed by atoms with Gasteiger partial charge in [0.1, 0.15) is 5.78 Å². The molecule has 0 radical (unpaired) electrons. The molecule has 1 saturated heterocycles. The second kappa shape index (κ2) is 13.1. The Kier molecular flexibility index (Phi) is 11.6. The van der Waals surface area contributed by atoms with E-state index in [1.54, 1.807) is 0 Å². The molecule has 28 heavy (non-hydrogen) atoms. The molecule has 1 fully saturated rings. The molecule has 0 spiro atoms. The number of hydrogen-bond donors (Lipinski definition) is 0. The molecule has 1 aliphatic rings. The molecule has 0 amide bonds. The van der Waals surface area contributed by atoms with Crippen molar-refractivity contribution in [3.05, 3.63) is 36.0 Å². The van der Waals surface area contributed by atoms with Gasteiger partial charge in [0.25, 0.3) is 0 Å². The summed E-state index contributed by atoms with van der Waals surface area (Å²) < 4.78 is 11.9. The minimum absolute atomic E-state index is 0.0856. The minimum Gasteiger partial charge on any atom is -0.353 e. The van der Waals surface area contributed by atoms with Gasteiger partial charge in [-0.25, -0.2) is 0 Å². The first kappa shape index (κ1) is 24.8. The zero-order chi connectivity index (χ0) is 21.0. The molecule has 1 aliphatic heterocycles. The van der Waals surface area contributed by atoms with Gasteiger partial charge < -0.3 is 9.47 Å². The first-order valence-corrected chi connectivity index (χ1v) is 11.0. The van der Waals surface area contributed by atoms with Crippen molar-refractivity contribution >= 4 is 5.78 Å². The van der Waals surface area contributed by atoms with Crippen LogP contribution in [0, 0.1) is 5.92 Å². The quantitative estimate of drug-likeness (QED) is 0.320. The highest BCUT2D eigenvalue weighted by Gasteiger charge is 2.26. The Labute approximate surface area is 173 Å². The maximum absolute atomic E-state index is 11.7. The van der Waals surface area contributed by atoms with E-state index < -0.39 is 0 Å². The van der Waals surface area contributed by atoms with Crippen LogP contribution in [-0.4, -0.2) is 24.3 Å². The lowest BCUT2D eigenvalue weighted by molar-refractivity contribution is -0.207. The highest BCUT2D eigenvalue weighted by Crippen LogP contribution is 2.26. The van der Waals surface area contributed by atoms with Gasteiger partial charge >= 0.3 is 0 Å². The molecule has 0 saturated carbocycles. The van der Waals surface area contributed by atoms with E-state index in [1.165, 1.54) is 17.6 Å². The smallest absolute Gasteiger partial charge is 0.158 e. The number of ketones is 1. The third kappa shape index (κ3) is 10.4. The number of carbonyl (C=O) groups excluding carboxylic acids is 1. The number of Topliss-reactive ketones (excluding diaryl/α,β-unsaturated/α-hetero) is 1. The zero-order valence-corrected chi connectivity index (χ0v) is 18.9. The summed E-state index contributed by atoms with van der Waals surface area (Å²) in [6.07, 6.45) is 15.3. The fraction of sp³-hybridized carbons (Fsp3) is 0.720. The molecule has 0 aromatic heterocycles. The third-order valence-electron chi connectivity index (χ3n) is 5.55. The van der Waals surface area contributed by atoms with E-state index in [0.29, 0.717) is 12.2 Å². The number of allylic oxidation sites excluding steroid dienone is 4.